The molecule has 0 radical (unpaired) electrons. The second-order valence-electron chi connectivity index (χ2n) is 7.98. The molecule has 1 heterocycles. The number of likely N-dealkylation sites (N-methyl/N-ethyl adjacent to an activating group) is 1. The molecule has 0 saturated heterocycles. The third-order valence-corrected chi connectivity index (χ3v) is 5.29. The quantitative estimate of drug-likeness (QED) is 0.150. The van der Waals surface area contributed by atoms with Crippen molar-refractivity contribution >= 4 is 11.7 Å². The number of amides is 1. The maximum absolute atomic E-state index is 11.1. The number of carbonyl (C=O) groups is 1. The van der Waals surface area contributed by atoms with Crippen molar-refractivity contribution in [1.29, 1.82) is 0 Å². The minimum absolute atomic E-state index is 0.247. The largest absolute Gasteiger partial charge is 0.327 e. The number of nitrogens with one attached hydrogen (secondary N) is 1. The Bertz CT molecular complexity index is 583. The number of unbranched alkanes of at least 4 members (excludes halogenated alkanes) is 2. The third kappa shape index (κ3) is 8.96. The van der Waals surface area contributed by atoms with Crippen molar-refractivity contribution in [2.75, 3.05) is 19.6 Å². The first-order valence-corrected chi connectivity index (χ1v) is 11.0. The van der Waals surface area contributed by atoms with Gasteiger partial charge in [0.05, 0.1) is 12.1 Å². The van der Waals surface area contributed by atoms with Crippen LogP contribution in [0.3, 0.4) is 0 Å². The first-order valence-electron chi connectivity index (χ1n) is 11.0. The summed E-state index contributed by atoms with van der Waals surface area (Å²) >= 11 is 0. The zero-order valence-electron chi connectivity index (χ0n) is 18.7. The average Bonchev–Trinajstić information content (AvgIpc) is 3.04. The molecule has 0 spiro atoms. The van der Waals surface area contributed by atoms with Crippen LogP contribution in [0.2, 0.25) is 0 Å². The van der Waals surface area contributed by atoms with Gasteiger partial charge in [-0.3, -0.25) is 15.0 Å². The van der Waals surface area contributed by atoms with Gasteiger partial charge in [-0.1, -0.05) is 65.7 Å². The van der Waals surface area contributed by atoms with Crippen LogP contribution in [0.4, 0.5) is 0 Å². The van der Waals surface area contributed by atoms with Crippen LogP contribution >= 0.6 is 0 Å². The van der Waals surface area contributed by atoms with E-state index in [4.69, 9.17) is 10.2 Å². The average molecular weight is 405 g/mol. The van der Waals surface area contributed by atoms with Gasteiger partial charge in [0.1, 0.15) is 5.84 Å². The Morgan fingerprint density at radius 1 is 1.34 bits per heavy atom. The number of allylic oxidation sites excluding steroid dienone is 2. The Morgan fingerprint density at radius 3 is 2.69 bits per heavy atom. The van der Waals surface area contributed by atoms with Gasteiger partial charge in [0.15, 0.2) is 0 Å². The molecule has 1 rings (SSSR count). The van der Waals surface area contributed by atoms with Gasteiger partial charge in [-0.15, -0.1) is 0 Å². The van der Waals surface area contributed by atoms with Crippen LogP contribution < -0.4 is 5.48 Å². The molecule has 0 aromatic carbocycles. The zero-order valence-corrected chi connectivity index (χ0v) is 18.7. The summed E-state index contributed by atoms with van der Waals surface area (Å²) in [5.74, 6) is 1.02. The molecule has 0 saturated carbocycles. The number of rotatable bonds is 14. The summed E-state index contributed by atoms with van der Waals surface area (Å²) in [6.45, 7) is 16.1. The summed E-state index contributed by atoms with van der Waals surface area (Å²) in [5.41, 5.74) is 1.58. The van der Waals surface area contributed by atoms with E-state index in [0.717, 1.165) is 31.9 Å². The van der Waals surface area contributed by atoms with Crippen molar-refractivity contribution < 1.29 is 10.0 Å². The topological polar surface area (TPSA) is 68.2 Å². The molecule has 1 amide bonds. The highest BCUT2D eigenvalue weighted by atomic mass is 16.5. The number of hydrogen-bond donors (Lipinski definition) is 2. The van der Waals surface area contributed by atoms with Crippen LogP contribution in [0.1, 0.15) is 59.8 Å². The molecular formula is C23H40N4O2. The van der Waals surface area contributed by atoms with E-state index in [-0.39, 0.29) is 12.1 Å². The van der Waals surface area contributed by atoms with Crippen molar-refractivity contribution in [2.45, 2.75) is 71.9 Å². The summed E-state index contributed by atoms with van der Waals surface area (Å²) in [6, 6.07) is 0.526. The Kier molecular flexibility index (Phi) is 12.2. The van der Waals surface area contributed by atoms with Crippen LogP contribution in [0.25, 0.3) is 0 Å². The second-order valence-corrected chi connectivity index (χ2v) is 7.98. The molecule has 0 aromatic heterocycles. The van der Waals surface area contributed by atoms with Crippen LogP contribution in [0, 0.1) is 5.92 Å². The third-order valence-electron chi connectivity index (χ3n) is 5.29. The van der Waals surface area contributed by atoms with Gasteiger partial charge in [0.25, 0.3) is 5.91 Å². The number of aliphatic imine (C=N–C) groups is 1. The molecule has 1 aliphatic heterocycles. The van der Waals surface area contributed by atoms with Crippen molar-refractivity contribution in [1.82, 2.24) is 15.3 Å². The van der Waals surface area contributed by atoms with Crippen molar-refractivity contribution in [2.24, 2.45) is 10.9 Å². The first-order chi connectivity index (χ1) is 14.0. The van der Waals surface area contributed by atoms with E-state index in [1.165, 1.54) is 31.8 Å². The molecule has 0 fully saturated rings. The van der Waals surface area contributed by atoms with Gasteiger partial charge < -0.3 is 9.80 Å². The number of nitrogens with zero attached hydrogens (tertiary/aromatic N) is 3. The zero-order chi connectivity index (χ0) is 21.6. The van der Waals surface area contributed by atoms with Crippen LogP contribution in [0.15, 0.2) is 42.1 Å². The van der Waals surface area contributed by atoms with Crippen LogP contribution in [-0.4, -0.2) is 58.5 Å². The van der Waals surface area contributed by atoms with Gasteiger partial charge in [-0.2, -0.15) is 0 Å². The summed E-state index contributed by atoms with van der Waals surface area (Å²) in [6.07, 6.45) is 14.3. The van der Waals surface area contributed by atoms with Gasteiger partial charge in [-0.05, 0) is 44.1 Å². The van der Waals surface area contributed by atoms with E-state index in [9.17, 15) is 4.79 Å². The van der Waals surface area contributed by atoms with Crippen molar-refractivity contribution in [3.8, 4) is 0 Å². The molecule has 2 atom stereocenters. The molecule has 0 bridgehead atoms. The summed E-state index contributed by atoms with van der Waals surface area (Å²) in [4.78, 5) is 20.8. The highest BCUT2D eigenvalue weighted by Gasteiger charge is 2.34. The molecular weight excluding hydrogens is 364 g/mol. The summed E-state index contributed by atoms with van der Waals surface area (Å²) in [7, 11) is 0. The predicted molar refractivity (Wildman–Crippen MR) is 121 cm³/mol. The molecule has 0 aromatic rings. The molecule has 164 valence electrons. The van der Waals surface area contributed by atoms with E-state index in [0.29, 0.717) is 5.92 Å². The standard InChI is InChI=1S/C23H40N4O2/c1-6-9-10-13-20-21(18-26(7-2)17-16-19(4)5)27(8-3)22(24-20)14-11-12-15-23(28)25-29/h8,11-12,14-15,19-21,29H,3,6-7,9-10,13,16-18H2,1-2,4-5H3,(H,25,28)/b14-11+,15-12+. The van der Waals surface area contributed by atoms with E-state index in [1.807, 2.05) is 12.3 Å². The fraction of sp³-hybridized carbons (Fsp3) is 0.652. The lowest BCUT2D eigenvalue weighted by Crippen LogP contribution is -2.45. The smallest absolute Gasteiger partial charge is 0.267 e. The van der Waals surface area contributed by atoms with E-state index >= 15 is 0 Å². The Balaban J connectivity index is 2.92. The predicted octanol–water partition coefficient (Wildman–Crippen LogP) is 4.15. The van der Waals surface area contributed by atoms with Crippen LogP contribution in [0.5, 0.6) is 0 Å². The lowest BCUT2D eigenvalue weighted by atomic mass is 10.0. The van der Waals surface area contributed by atoms with Gasteiger partial charge in [0, 0.05) is 12.6 Å². The molecule has 2 unspecified atom stereocenters. The van der Waals surface area contributed by atoms with Gasteiger partial charge in [0.2, 0.25) is 0 Å². The number of hydroxylamine groups is 1. The fourth-order valence-electron chi connectivity index (χ4n) is 3.51. The van der Waals surface area contributed by atoms with Gasteiger partial charge in [-0.25, -0.2) is 5.48 Å². The Morgan fingerprint density at radius 2 is 2.10 bits per heavy atom. The Labute approximate surface area is 177 Å². The van der Waals surface area contributed by atoms with Crippen molar-refractivity contribution in [3.63, 3.8) is 0 Å². The monoisotopic (exact) mass is 404 g/mol. The van der Waals surface area contributed by atoms with E-state index < -0.39 is 5.91 Å². The highest BCUT2D eigenvalue weighted by Crippen LogP contribution is 2.25. The molecule has 1 aliphatic rings. The fourth-order valence-corrected chi connectivity index (χ4v) is 3.51. The highest BCUT2D eigenvalue weighted by molar-refractivity contribution is 5.96. The molecule has 2 N–H and O–H groups in total. The maximum Gasteiger partial charge on any atom is 0.267 e. The number of amidine groups is 1. The molecule has 6 heteroatoms. The lowest BCUT2D eigenvalue weighted by molar-refractivity contribution is -0.124. The lowest BCUT2D eigenvalue weighted by Gasteiger charge is -2.32. The molecule has 0 aliphatic carbocycles. The minimum Gasteiger partial charge on any atom is -0.327 e. The number of hydrogen-bond acceptors (Lipinski definition) is 5. The van der Waals surface area contributed by atoms with Crippen molar-refractivity contribution in [3.05, 3.63) is 37.1 Å². The normalized spacial score (nSPS) is 19.7. The number of carbonyl (C=O) groups excluding carboxylic acids is 1. The van der Waals surface area contributed by atoms with E-state index in [1.54, 1.807) is 17.6 Å². The van der Waals surface area contributed by atoms with E-state index in [2.05, 4.69) is 44.1 Å². The summed E-state index contributed by atoms with van der Waals surface area (Å²) < 4.78 is 0. The minimum atomic E-state index is -0.553. The van der Waals surface area contributed by atoms with Crippen LogP contribution in [-0.2, 0) is 4.79 Å². The SMILES string of the molecule is C=CN1C(/C=C/C=C/C(=O)NO)=NC(CCCCC)C1CN(CC)CCC(C)C. The first kappa shape index (κ1) is 25.1. The second kappa shape index (κ2) is 14.1. The van der Waals surface area contributed by atoms with Gasteiger partial charge >= 0.3 is 0 Å². The molecule has 29 heavy (non-hydrogen) atoms. The molecule has 6 nitrogen and oxygen atoms in total. The summed E-state index contributed by atoms with van der Waals surface area (Å²) in [5, 5.41) is 8.56. The Hall–Kier alpha value is -1.92. The maximum atomic E-state index is 11.1.